The van der Waals surface area contributed by atoms with Gasteiger partial charge in [-0.05, 0) is 48.1 Å². The van der Waals surface area contributed by atoms with E-state index in [9.17, 15) is 13.2 Å². The Morgan fingerprint density at radius 2 is 1.68 bits per heavy atom. The van der Waals surface area contributed by atoms with Crippen molar-refractivity contribution >= 4 is 32.4 Å². The molecule has 0 saturated carbocycles. The molecular weight excluding hydrogens is 430 g/mol. The summed E-state index contributed by atoms with van der Waals surface area (Å²) in [5.41, 5.74) is 1.42. The van der Waals surface area contributed by atoms with Gasteiger partial charge in [0.2, 0.25) is 10.0 Å². The number of carbonyl (C=O) groups excluding carboxylic acids is 1. The second-order valence-corrected chi connectivity index (χ2v) is 11.1. The van der Waals surface area contributed by atoms with E-state index < -0.39 is 10.0 Å². The number of thiazole rings is 1. The maximum absolute atomic E-state index is 13.0. The molecule has 3 aromatic rings. The molecule has 1 N–H and O–H groups in total. The minimum absolute atomic E-state index is 0.214. The van der Waals surface area contributed by atoms with Gasteiger partial charge in [0.25, 0.3) is 5.91 Å². The molecule has 4 rings (SSSR count). The normalized spacial score (nSPS) is 19.8. The molecule has 0 radical (unpaired) electrons. The lowest BCUT2D eigenvalue weighted by molar-refractivity contribution is 0.102. The molecule has 0 unspecified atom stereocenters. The first kappa shape index (κ1) is 21.7. The van der Waals surface area contributed by atoms with E-state index in [0.717, 1.165) is 16.9 Å². The van der Waals surface area contributed by atoms with Crippen LogP contribution < -0.4 is 5.32 Å². The van der Waals surface area contributed by atoms with E-state index in [0.29, 0.717) is 35.6 Å². The highest BCUT2D eigenvalue weighted by Gasteiger charge is 2.31. The molecule has 0 bridgehead atoms. The highest BCUT2D eigenvalue weighted by atomic mass is 32.2. The monoisotopic (exact) mass is 455 g/mol. The van der Waals surface area contributed by atoms with Crippen LogP contribution in [-0.4, -0.2) is 36.7 Å². The van der Waals surface area contributed by atoms with Gasteiger partial charge in [0, 0.05) is 24.8 Å². The zero-order valence-electron chi connectivity index (χ0n) is 17.5. The quantitative estimate of drug-likeness (QED) is 0.603. The SMILES string of the molecule is C[C@H]1C[C@H](C)CN(S(=O)(=O)c2ccc(C(=O)Nc3ncc(-c4ccccc4)s3)cc2)C1. The number of rotatable bonds is 5. The number of nitrogens with zero attached hydrogens (tertiary/aromatic N) is 2. The van der Waals surface area contributed by atoms with E-state index in [-0.39, 0.29) is 10.8 Å². The number of hydrogen-bond donors (Lipinski definition) is 1. The highest BCUT2D eigenvalue weighted by molar-refractivity contribution is 7.89. The molecule has 1 aliphatic heterocycles. The third kappa shape index (κ3) is 4.87. The van der Waals surface area contributed by atoms with Gasteiger partial charge < -0.3 is 0 Å². The summed E-state index contributed by atoms with van der Waals surface area (Å²) in [6, 6.07) is 15.9. The molecule has 1 amide bonds. The predicted molar refractivity (Wildman–Crippen MR) is 124 cm³/mol. The lowest BCUT2D eigenvalue weighted by Crippen LogP contribution is -2.42. The first-order valence-corrected chi connectivity index (χ1v) is 12.5. The summed E-state index contributed by atoms with van der Waals surface area (Å²) in [6.45, 7) is 5.21. The van der Waals surface area contributed by atoms with Crippen LogP contribution in [0.15, 0.2) is 65.7 Å². The van der Waals surface area contributed by atoms with Gasteiger partial charge in [-0.25, -0.2) is 13.4 Å². The molecule has 2 aromatic carbocycles. The fraction of sp³-hybridized carbons (Fsp3) is 0.304. The topological polar surface area (TPSA) is 79.4 Å². The van der Waals surface area contributed by atoms with E-state index in [2.05, 4.69) is 24.1 Å². The third-order valence-corrected chi connectivity index (χ3v) is 8.18. The van der Waals surface area contributed by atoms with E-state index >= 15 is 0 Å². The van der Waals surface area contributed by atoms with Crippen LogP contribution in [0.25, 0.3) is 10.4 Å². The van der Waals surface area contributed by atoms with Crippen molar-refractivity contribution in [1.29, 1.82) is 0 Å². The number of nitrogens with one attached hydrogen (secondary N) is 1. The van der Waals surface area contributed by atoms with Gasteiger partial charge in [0.15, 0.2) is 5.13 Å². The number of benzene rings is 2. The van der Waals surface area contributed by atoms with Crippen molar-refractivity contribution < 1.29 is 13.2 Å². The van der Waals surface area contributed by atoms with E-state index in [1.165, 1.54) is 23.5 Å². The van der Waals surface area contributed by atoms with Crippen molar-refractivity contribution in [1.82, 2.24) is 9.29 Å². The molecule has 162 valence electrons. The summed E-state index contributed by atoms with van der Waals surface area (Å²) in [4.78, 5) is 18.1. The van der Waals surface area contributed by atoms with Crippen LogP contribution in [0, 0.1) is 11.8 Å². The fourth-order valence-corrected chi connectivity index (χ4v) is 6.46. The first-order chi connectivity index (χ1) is 14.8. The van der Waals surface area contributed by atoms with Gasteiger partial charge in [-0.2, -0.15) is 4.31 Å². The molecule has 1 aromatic heterocycles. The summed E-state index contributed by atoms with van der Waals surface area (Å²) in [5.74, 6) is 0.350. The summed E-state index contributed by atoms with van der Waals surface area (Å²) in [5, 5.41) is 3.29. The Morgan fingerprint density at radius 3 is 2.32 bits per heavy atom. The predicted octanol–water partition coefficient (Wildman–Crippen LogP) is 4.73. The second kappa shape index (κ2) is 8.90. The van der Waals surface area contributed by atoms with E-state index in [1.54, 1.807) is 22.6 Å². The Kier molecular flexibility index (Phi) is 6.22. The fourth-order valence-electron chi connectivity index (χ4n) is 3.97. The number of anilines is 1. The highest BCUT2D eigenvalue weighted by Crippen LogP contribution is 2.29. The van der Waals surface area contributed by atoms with Crippen molar-refractivity contribution in [2.75, 3.05) is 18.4 Å². The maximum atomic E-state index is 13.0. The van der Waals surface area contributed by atoms with E-state index in [1.807, 2.05) is 30.3 Å². The minimum atomic E-state index is -3.57. The Bertz CT molecular complexity index is 1150. The van der Waals surface area contributed by atoms with Crippen LogP contribution in [0.5, 0.6) is 0 Å². The average molecular weight is 456 g/mol. The Labute approximate surface area is 187 Å². The van der Waals surface area contributed by atoms with Gasteiger partial charge in [-0.15, -0.1) is 0 Å². The van der Waals surface area contributed by atoms with Crippen LogP contribution >= 0.6 is 11.3 Å². The molecule has 0 spiro atoms. The summed E-state index contributed by atoms with van der Waals surface area (Å²) >= 11 is 1.39. The standard InChI is InChI=1S/C23H25N3O3S2/c1-16-12-17(2)15-26(14-16)31(28,29)20-10-8-19(9-11-20)22(27)25-23-24-13-21(30-23)18-6-4-3-5-7-18/h3-11,13,16-17H,12,14-15H2,1-2H3,(H,24,25,27)/t16-,17-/m0/s1. The van der Waals surface area contributed by atoms with Gasteiger partial charge in [-0.3, -0.25) is 10.1 Å². The van der Waals surface area contributed by atoms with Crippen molar-refractivity contribution in [3.8, 4) is 10.4 Å². The number of carbonyl (C=O) groups is 1. The van der Waals surface area contributed by atoms with Gasteiger partial charge in [0.1, 0.15) is 0 Å². The molecule has 1 saturated heterocycles. The number of piperidine rings is 1. The zero-order chi connectivity index (χ0) is 22.0. The van der Waals surface area contributed by atoms with Crippen LogP contribution in [0.3, 0.4) is 0 Å². The third-order valence-electron chi connectivity index (χ3n) is 5.37. The van der Waals surface area contributed by atoms with Crippen molar-refractivity contribution in [2.45, 2.75) is 25.2 Å². The number of sulfonamides is 1. The molecule has 1 aliphatic rings. The Hall–Kier alpha value is -2.55. The molecular formula is C23H25N3O3S2. The van der Waals surface area contributed by atoms with Crippen molar-refractivity contribution in [2.24, 2.45) is 11.8 Å². The Balaban J connectivity index is 1.45. The first-order valence-electron chi connectivity index (χ1n) is 10.3. The zero-order valence-corrected chi connectivity index (χ0v) is 19.1. The van der Waals surface area contributed by atoms with Crippen LogP contribution in [0.2, 0.25) is 0 Å². The van der Waals surface area contributed by atoms with Gasteiger partial charge in [0.05, 0.1) is 9.77 Å². The summed E-state index contributed by atoms with van der Waals surface area (Å²) in [7, 11) is -3.57. The smallest absolute Gasteiger partial charge is 0.257 e. The van der Waals surface area contributed by atoms with Crippen molar-refractivity contribution in [3.63, 3.8) is 0 Å². The van der Waals surface area contributed by atoms with Crippen LogP contribution in [0.1, 0.15) is 30.6 Å². The second-order valence-electron chi connectivity index (χ2n) is 8.14. The lowest BCUT2D eigenvalue weighted by Gasteiger charge is -2.34. The van der Waals surface area contributed by atoms with Gasteiger partial charge in [-0.1, -0.05) is 55.5 Å². The molecule has 2 atom stereocenters. The average Bonchev–Trinajstić information content (AvgIpc) is 3.22. The van der Waals surface area contributed by atoms with Crippen molar-refractivity contribution in [3.05, 3.63) is 66.4 Å². The summed E-state index contributed by atoms with van der Waals surface area (Å²) in [6.07, 6.45) is 2.76. The van der Waals surface area contributed by atoms with Crippen LogP contribution in [-0.2, 0) is 10.0 Å². The maximum Gasteiger partial charge on any atom is 0.257 e. The molecule has 1 fully saturated rings. The summed E-state index contributed by atoms with van der Waals surface area (Å²) < 4.78 is 27.6. The lowest BCUT2D eigenvalue weighted by atomic mass is 9.94. The Morgan fingerprint density at radius 1 is 1.03 bits per heavy atom. The molecule has 31 heavy (non-hydrogen) atoms. The largest absolute Gasteiger partial charge is 0.298 e. The number of hydrogen-bond acceptors (Lipinski definition) is 5. The van der Waals surface area contributed by atoms with Gasteiger partial charge >= 0.3 is 0 Å². The molecule has 0 aliphatic carbocycles. The number of amides is 1. The number of aromatic nitrogens is 1. The van der Waals surface area contributed by atoms with Crippen LogP contribution in [0.4, 0.5) is 5.13 Å². The molecule has 2 heterocycles. The molecule has 8 heteroatoms. The minimum Gasteiger partial charge on any atom is -0.298 e. The molecule has 6 nitrogen and oxygen atoms in total. The van der Waals surface area contributed by atoms with E-state index in [4.69, 9.17) is 0 Å².